The average Bonchev–Trinajstić information content (AvgIpc) is 2.41. The van der Waals surface area contributed by atoms with Gasteiger partial charge in [-0.05, 0) is 11.1 Å². The fourth-order valence-electron chi connectivity index (χ4n) is 1.39. The summed E-state index contributed by atoms with van der Waals surface area (Å²) >= 11 is 0. The van der Waals surface area contributed by atoms with Crippen molar-refractivity contribution in [2.24, 2.45) is 14.1 Å². The minimum Gasteiger partial charge on any atom is -0.726 e. The fourth-order valence-corrected chi connectivity index (χ4v) is 1.39. The molecule has 0 aliphatic carbocycles. The Morgan fingerprint density at radius 3 is 1.35 bits per heavy atom. The maximum absolute atomic E-state index is 9.22. The van der Waals surface area contributed by atoms with Crippen molar-refractivity contribution in [2.45, 2.75) is 0 Å². The van der Waals surface area contributed by atoms with Crippen LogP contribution in [0.2, 0.25) is 0 Å². The Morgan fingerprint density at radius 1 is 0.900 bits per heavy atom. The van der Waals surface area contributed by atoms with Crippen LogP contribution in [0.3, 0.4) is 0 Å². The molecule has 0 atom stereocenters. The second-order valence-corrected chi connectivity index (χ2v) is 5.23. The topological polar surface area (TPSA) is 74.2 Å². The van der Waals surface area contributed by atoms with Crippen LogP contribution in [0, 0.1) is 0 Å². The fraction of sp³-hybridized carbons (Fsp3) is 0.231. The lowest BCUT2D eigenvalue weighted by Gasteiger charge is -1.98. The summed E-state index contributed by atoms with van der Waals surface area (Å²) in [6.07, 6.45) is 8.23. The molecule has 0 unspecified atom stereocenters. The van der Waals surface area contributed by atoms with Gasteiger partial charge >= 0.3 is 0 Å². The highest BCUT2D eigenvalue weighted by atomic mass is 32.3. The van der Waals surface area contributed by atoms with Crippen molar-refractivity contribution in [3.8, 4) is 11.1 Å². The molecule has 0 aliphatic heterocycles. The SMILES string of the molecule is COS(=O)(=O)[O-].C[n+]1ccc(-c2cc[n+](C)cc2)cc1. The van der Waals surface area contributed by atoms with E-state index in [0.717, 1.165) is 7.11 Å². The molecule has 20 heavy (non-hydrogen) atoms. The van der Waals surface area contributed by atoms with Crippen LogP contribution in [0.25, 0.3) is 11.1 Å². The van der Waals surface area contributed by atoms with Gasteiger partial charge in [-0.15, -0.1) is 0 Å². The average molecular weight is 297 g/mol. The third-order valence-corrected chi connectivity index (χ3v) is 2.90. The molecule has 6 nitrogen and oxygen atoms in total. The highest BCUT2D eigenvalue weighted by molar-refractivity contribution is 7.80. The van der Waals surface area contributed by atoms with Crippen LogP contribution in [-0.4, -0.2) is 20.1 Å². The highest BCUT2D eigenvalue weighted by Crippen LogP contribution is 2.14. The Bertz CT molecular complexity index is 594. The summed E-state index contributed by atoms with van der Waals surface area (Å²) in [6.45, 7) is 0. The lowest BCUT2D eigenvalue weighted by atomic mass is 10.1. The Hall–Kier alpha value is -1.83. The first kappa shape index (κ1) is 16.2. The van der Waals surface area contributed by atoms with E-state index in [1.807, 2.05) is 23.2 Å². The molecule has 2 aromatic rings. The van der Waals surface area contributed by atoms with Crippen molar-refractivity contribution < 1.29 is 26.3 Å². The first-order valence-corrected chi connectivity index (χ1v) is 7.07. The molecule has 0 saturated carbocycles. The van der Waals surface area contributed by atoms with E-state index in [1.54, 1.807) is 0 Å². The number of hydrogen-bond acceptors (Lipinski definition) is 4. The molecule has 0 N–H and O–H groups in total. The standard InChI is InChI=1S/C12H14N2.CH4O4S/c1-13-7-3-11(4-8-13)12-5-9-14(2)10-6-12;1-5-6(2,3)4/h3-10H,1-2H3;1H3,(H,2,3,4)/q+2;/p-1. The molecular weight excluding hydrogens is 280 g/mol. The Kier molecular flexibility index (Phi) is 5.75. The Morgan fingerprint density at radius 2 is 1.15 bits per heavy atom. The van der Waals surface area contributed by atoms with Gasteiger partial charge in [-0.1, -0.05) is 0 Å². The van der Waals surface area contributed by atoms with E-state index >= 15 is 0 Å². The normalized spacial score (nSPS) is 10.6. The van der Waals surface area contributed by atoms with Crippen LogP contribution >= 0.6 is 0 Å². The zero-order valence-corrected chi connectivity index (χ0v) is 12.4. The quantitative estimate of drug-likeness (QED) is 0.447. The van der Waals surface area contributed by atoms with Gasteiger partial charge in [0.2, 0.25) is 10.4 Å². The second kappa shape index (κ2) is 7.09. The number of pyridine rings is 2. The van der Waals surface area contributed by atoms with E-state index in [9.17, 15) is 13.0 Å². The summed E-state index contributed by atoms with van der Waals surface area (Å²) < 4.78 is 35.1. The summed E-state index contributed by atoms with van der Waals surface area (Å²) in [4.78, 5) is 0. The van der Waals surface area contributed by atoms with Crippen molar-refractivity contribution in [3.63, 3.8) is 0 Å². The molecule has 0 fully saturated rings. The van der Waals surface area contributed by atoms with E-state index in [1.165, 1.54) is 11.1 Å². The maximum atomic E-state index is 9.22. The zero-order chi connectivity index (χ0) is 15.2. The van der Waals surface area contributed by atoms with Gasteiger partial charge < -0.3 is 4.55 Å². The lowest BCUT2D eigenvalue weighted by molar-refractivity contribution is -0.671. The van der Waals surface area contributed by atoms with Crippen molar-refractivity contribution in [1.29, 1.82) is 0 Å². The molecule has 108 valence electrons. The highest BCUT2D eigenvalue weighted by Gasteiger charge is 2.00. The monoisotopic (exact) mass is 297 g/mol. The van der Waals surface area contributed by atoms with E-state index in [-0.39, 0.29) is 0 Å². The minimum atomic E-state index is -4.41. The van der Waals surface area contributed by atoms with E-state index < -0.39 is 10.4 Å². The Balaban J connectivity index is 0.000000286. The molecule has 2 rings (SSSR count). The molecule has 0 amide bonds. The van der Waals surface area contributed by atoms with Gasteiger partial charge in [0.25, 0.3) is 0 Å². The summed E-state index contributed by atoms with van der Waals surface area (Å²) in [5.41, 5.74) is 2.51. The summed E-state index contributed by atoms with van der Waals surface area (Å²) in [7, 11) is 0.441. The molecular formula is C13H17N2O4S+. The van der Waals surface area contributed by atoms with Crippen molar-refractivity contribution in [3.05, 3.63) is 49.1 Å². The first-order valence-electron chi connectivity index (χ1n) is 5.74. The Labute approximate surface area is 118 Å². The number of nitrogens with zero attached hydrogens (tertiary/aromatic N) is 2. The minimum absolute atomic E-state index is 0.808. The maximum Gasteiger partial charge on any atom is 0.217 e. The molecule has 2 aromatic heterocycles. The van der Waals surface area contributed by atoms with Gasteiger partial charge in [-0.25, -0.2) is 17.6 Å². The summed E-state index contributed by atoms with van der Waals surface area (Å²) in [6, 6.07) is 8.48. The van der Waals surface area contributed by atoms with E-state index in [2.05, 4.69) is 53.2 Å². The van der Waals surface area contributed by atoms with Gasteiger partial charge in [-0.3, -0.25) is 4.18 Å². The van der Waals surface area contributed by atoms with Gasteiger partial charge in [-0.2, -0.15) is 0 Å². The molecule has 2 heterocycles. The number of rotatable bonds is 2. The number of hydrogen-bond donors (Lipinski definition) is 0. The van der Waals surface area contributed by atoms with Gasteiger partial charge in [0, 0.05) is 24.3 Å². The zero-order valence-electron chi connectivity index (χ0n) is 11.6. The second-order valence-electron chi connectivity index (χ2n) is 4.08. The van der Waals surface area contributed by atoms with E-state index in [0.29, 0.717) is 0 Å². The summed E-state index contributed by atoms with van der Waals surface area (Å²) in [5, 5.41) is 0. The molecule has 0 radical (unpaired) electrons. The molecule has 0 aromatic carbocycles. The number of aryl methyl sites for hydroxylation is 2. The molecule has 7 heteroatoms. The van der Waals surface area contributed by atoms with Crippen LogP contribution in [0.15, 0.2) is 49.1 Å². The predicted molar refractivity (Wildman–Crippen MR) is 70.9 cm³/mol. The van der Waals surface area contributed by atoms with Crippen LogP contribution in [0.4, 0.5) is 0 Å². The van der Waals surface area contributed by atoms with Crippen LogP contribution in [-0.2, 0) is 28.7 Å². The van der Waals surface area contributed by atoms with Crippen LogP contribution in [0.5, 0.6) is 0 Å². The van der Waals surface area contributed by atoms with Gasteiger partial charge in [0.05, 0.1) is 7.11 Å². The predicted octanol–water partition coefficient (Wildman–Crippen LogP) is 0.0956. The van der Waals surface area contributed by atoms with Crippen LogP contribution in [0.1, 0.15) is 0 Å². The van der Waals surface area contributed by atoms with Gasteiger partial charge in [0.15, 0.2) is 24.8 Å². The van der Waals surface area contributed by atoms with E-state index in [4.69, 9.17) is 0 Å². The lowest BCUT2D eigenvalue weighted by Crippen LogP contribution is -2.26. The van der Waals surface area contributed by atoms with Crippen molar-refractivity contribution in [1.82, 2.24) is 0 Å². The molecule has 0 saturated heterocycles. The molecule has 0 aliphatic rings. The number of aromatic nitrogens is 2. The van der Waals surface area contributed by atoms with Crippen LogP contribution < -0.4 is 9.13 Å². The first-order chi connectivity index (χ1) is 9.31. The summed E-state index contributed by atoms with van der Waals surface area (Å²) in [5.74, 6) is 0. The smallest absolute Gasteiger partial charge is 0.217 e. The van der Waals surface area contributed by atoms with Gasteiger partial charge in [0.1, 0.15) is 14.1 Å². The third kappa shape index (κ3) is 5.87. The third-order valence-electron chi connectivity index (χ3n) is 2.49. The largest absolute Gasteiger partial charge is 0.726 e. The molecule has 0 bridgehead atoms. The molecule has 0 spiro atoms. The van der Waals surface area contributed by atoms with Crippen molar-refractivity contribution >= 4 is 10.4 Å². The van der Waals surface area contributed by atoms with Crippen molar-refractivity contribution in [2.75, 3.05) is 7.11 Å².